The molecule has 10 heteroatoms. The minimum atomic E-state index is -4.47. The van der Waals surface area contributed by atoms with Crippen LogP contribution in [0.2, 0.25) is 0 Å². The maximum absolute atomic E-state index is 13.3. The van der Waals surface area contributed by atoms with E-state index in [0.717, 1.165) is 12.1 Å². The molecule has 1 heterocycles. The van der Waals surface area contributed by atoms with Gasteiger partial charge in [-0.1, -0.05) is 24.0 Å². The number of nitrogens with zero attached hydrogens (tertiary/aromatic N) is 1. The largest absolute Gasteiger partial charge is 0.366 e. The van der Waals surface area contributed by atoms with Crippen LogP contribution in [0.25, 0.3) is 0 Å². The summed E-state index contributed by atoms with van der Waals surface area (Å²) in [6, 6.07) is 12.1. The first-order valence-electron chi connectivity index (χ1n) is 8.33. The summed E-state index contributed by atoms with van der Waals surface area (Å²) in [5, 5.41) is 5.16. The lowest BCUT2D eigenvalue weighted by atomic mass is 10.1. The van der Waals surface area contributed by atoms with Crippen LogP contribution in [0.1, 0.15) is 21.5 Å². The molecule has 0 bridgehead atoms. The number of benzene rings is 2. The number of hydrogen-bond acceptors (Lipinski definition) is 6. The van der Waals surface area contributed by atoms with Gasteiger partial charge in [-0.2, -0.15) is 0 Å². The highest BCUT2D eigenvalue weighted by atomic mass is 32.2. The summed E-state index contributed by atoms with van der Waals surface area (Å²) in [5.41, 5.74) is 5.91. The number of sulfone groups is 1. The average molecular weight is 441 g/mol. The Morgan fingerprint density at radius 2 is 1.50 bits per heavy atom. The smallest absolute Gasteiger partial charge is 0.250 e. The molecule has 3 aromatic rings. The third kappa shape index (κ3) is 4.38. The zero-order chi connectivity index (χ0) is 21.9. The number of sulfonamides is 1. The number of carbonyl (C=O) groups is 1. The molecule has 0 saturated carbocycles. The molecule has 3 rings (SSSR count). The van der Waals surface area contributed by atoms with Crippen molar-refractivity contribution >= 4 is 25.8 Å². The molecule has 0 radical (unpaired) electrons. The Morgan fingerprint density at radius 1 is 0.833 bits per heavy atom. The van der Waals surface area contributed by atoms with Gasteiger partial charge in [-0.25, -0.2) is 22.0 Å². The third-order valence-corrected chi connectivity index (χ3v) is 6.94. The molecule has 30 heavy (non-hydrogen) atoms. The lowest BCUT2D eigenvalue weighted by Gasteiger charge is -2.12. The van der Waals surface area contributed by atoms with Crippen molar-refractivity contribution in [2.75, 3.05) is 0 Å². The first-order chi connectivity index (χ1) is 14.1. The van der Waals surface area contributed by atoms with Crippen molar-refractivity contribution in [2.24, 2.45) is 10.9 Å². The lowest BCUT2D eigenvalue weighted by Crippen LogP contribution is -2.20. The van der Waals surface area contributed by atoms with E-state index in [2.05, 4.69) is 16.8 Å². The molecule has 0 saturated heterocycles. The number of aromatic nitrogens is 1. The van der Waals surface area contributed by atoms with E-state index in [4.69, 9.17) is 10.9 Å². The molecule has 0 aliphatic rings. The van der Waals surface area contributed by atoms with Gasteiger partial charge >= 0.3 is 0 Å². The van der Waals surface area contributed by atoms with E-state index in [9.17, 15) is 21.6 Å². The van der Waals surface area contributed by atoms with Crippen LogP contribution in [0.5, 0.6) is 0 Å². The minimum Gasteiger partial charge on any atom is -0.366 e. The van der Waals surface area contributed by atoms with Gasteiger partial charge in [0.25, 0.3) is 0 Å². The average Bonchev–Trinajstić information content (AvgIpc) is 2.72. The van der Waals surface area contributed by atoms with Crippen molar-refractivity contribution in [3.63, 3.8) is 0 Å². The predicted molar refractivity (Wildman–Crippen MR) is 108 cm³/mol. The molecule has 0 fully saturated rings. The quantitative estimate of drug-likeness (QED) is 0.578. The standard InChI is InChI=1S/C20H15N3O5S2/c21-20(24)16-10-9-14(7-8-15-4-3-11-23-13-15)12-19(16)29(25,26)17-5-1-2-6-18(17)30(22,27)28/h1-6,9-13H,(H2,21,24)(H2,22,27,28). The zero-order valence-corrected chi connectivity index (χ0v) is 16.9. The second-order valence-electron chi connectivity index (χ2n) is 6.06. The number of primary sulfonamides is 1. The van der Waals surface area contributed by atoms with Crippen molar-refractivity contribution in [1.29, 1.82) is 0 Å². The van der Waals surface area contributed by atoms with Crippen LogP contribution in [0, 0.1) is 11.8 Å². The van der Waals surface area contributed by atoms with Crippen molar-refractivity contribution < 1.29 is 21.6 Å². The van der Waals surface area contributed by atoms with E-state index in [1.807, 2.05) is 0 Å². The molecule has 0 aliphatic heterocycles. The van der Waals surface area contributed by atoms with Gasteiger partial charge in [0.1, 0.15) is 4.90 Å². The van der Waals surface area contributed by atoms with Gasteiger partial charge in [-0.3, -0.25) is 9.78 Å². The Morgan fingerprint density at radius 3 is 2.10 bits per heavy atom. The zero-order valence-electron chi connectivity index (χ0n) is 15.3. The van der Waals surface area contributed by atoms with E-state index in [0.29, 0.717) is 5.56 Å². The van der Waals surface area contributed by atoms with E-state index in [1.165, 1.54) is 36.5 Å². The Kier molecular flexibility index (Phi) is 5.71. The van der Waals surface area contributed by atoms with Crippen LogP contribution in [0.15, 0.2) is 81.7 Å². The molecule has 0 aliphatic carbocycles. The highest BCUT2D eigenvalue weighted by molar-refractivity contribution is 7.93. The summed E-state index contributed by atoms with van der Waals surface area (Å²) in [6.07, 6.45) is 3.12. The fourth-order valence-corrected chi connectivity index (χ4v) is 5.49. The Bertz CT molecular complexity index is 1410. The molecule has 0 atom stereocenters. The van der Waals surface area contributed by atoms with E-state index >= 15 is 0 Å². The second kappa shape index (κ2) is 8.08. The Labute approximate surface area is 173 Å². The van der Waals surface area contributed by atoms with E-state index in [1.54, 1.807) is 18.3 Å². The number of pyridine rings is 1. The van der Waals surface area contributed by atoms with Crippen LogP contribution in [-0.2, 0) is 19.9 Å². The van der Waals surface area contributed by atoms with Crippen molar-refractivity contribution in [1.82, 2.24) is 4.98 Å². The molecule has 1 amide bonds. The van der Waals surface area contributed by atoms with E-state index in [-0.39, 0.29) is 11.1 Å². The van der Waals surface area contributed by atoms with Crippen LogP contribution in [0.3, 0.4) is 0 Å². The normalized spacial score (nSPS) is 11.4. The molecule has 152 valence electrons. The molecular weight excluding hydrogens is 426 g/mol. The second-order valence-corrected chi connectivity index (χ2v) is 9.48. The van der Waals surface area contributed by atoms with Gasteiger partial charge in [0.2, 0.25) is 25.8 Å². The number of rotatable bonds is 4. The van der Waals surface area contributed by atoms with Gasteiger partial charge < -0.3 is 5.73 Å². The predicted octanol–water partition coefficient (Wildman–Crippen LogP) is 1.06. The van der Waals surface area contributed by atoms with Gasteiger partial charge in [0.05, 0.1) is 15.4 Å². The van der Waals surface area contributed by atoms with Crippen LogP contribution in [0.4, 0.5) is 0 Å². The summed E-state index contributed by atoms with van der Waals surface area (Å²) >= 11 is 0. The van der Waals surface area contributed by atoms with Crippen LogP contribution in [-0.4, -0.2) is 27.7 Å². The van der Waals surface area contributed by atoms with Crippen molar-refractivity contribution in [3.05, 3.63) is 83.7 Å². The highest BCUT2D eigenvalue weighted by Crippen LogP contribution is 2.29. The van der Waals surface area contributed by atoms with Gasteiger partial charge in [-0.15, -0.1) is 0 Å². The molecule has 4 N–H and O–H groups in total. The number of carbonyl (C=O) groups excluding carboxylic acids is 1. The highest BCUT2D eigenvalue weighted by Gasteiger charge is 2.29. The molecular formula is C20H15N3O5S2. The maximum atomic E-state index is 13.3. The number of primary amides is 1. The monoisotopic (exact) mass is 441 g/mol. The summed E-state index contributed by atoms with van der Waals surface area (Å²) in [4.78, 5) is 14.2. The minimum absolute atomic E-state index is 0.274. The van der Waals surface area contributed by atoms with Crippen molar-refractivity contribution in [3.8, 4) is 11.8 Å². The van der Waals surface area contributed by atoms with Gasteiger partial charge in [0, 0.05) is 23.5 Å². The fraction of sp³-hybridized carbons (Fsp3) is 0. The third-order valence-electron chi connectivity index (χ3n) is 3.99. The molecule has 0 spiro atoms. The molecule has 8 nitrogen and oxygen atoms in total. The van der Waals surface area contributed by atoms with Crippen LogP contribution < -0.4 is 10.9 Å². The number of hydrogen-bond donors (Lipinski definition) is 2. The summed E-state index contributed by atoms with van der Waals surface area (Å²) in [7, 11) is -8.82. The van der Waals surface area contributed by atoms with E-state index < -0.39 is 40.5 Å². The molecule has 1 aromatic heterocycles. The summed E-state index contributed by atoms with van der Waals surface area (Å²) < 4.78 is 50.3. The maximum Gasteiger partial charge on any atom is 0.250 e. The van der Waals surface area contributed by atoms with Gasteiger partial charge in [0.15, 0.2) is 0 Å². The van der Waals surface area contributed by atoms with Crippen molar-refractivity contribution in [2.45, 2.75) is 14.7 Å². The molecule has 2 aromatic carbocycles. The Balaban J connectivity index is 2.22. The van der Waals surface area contributed by atoms with Gasteiger partial charge in [-0.05, 0) is 42.5 Å². The summed E-state index contributed by atoms with van der Waals surface area (Å²) in [6.45, 7) is 0. The first kappa shape index (κ1) is 21.2. The fourth-order valence-electron chi connectivity index (χ4n) is 2.63. The SMILES string of the molecule is NC(=O)c1ccc(C#Cc2cccnc2)cc1S(=O)(=O)c1ccccc1S(N)(=O)=O. The number of nitrogens with two attached hydrogens (primary N) is 2. The topological polar surface area (TPSA) is 150 Å². The van der Waals surface area contributed by atoms with Crippen LogP contribution >= 0.6 is 0 Å². The first-order valence-corrected chi connectivity index (χ1v) is 11.4. The Hall–Kier alpha value is -3.52. The number of amides is 1. The summed E-state index contributed by atoms with van der Waals surface area (Å²) in [5.74, 6) is 4.62. The molecule has 0 unspecified atom stereocenters. The lowest BCUT2D eigenvalue weighted by molar-refractivity contribution is 0.0997.